The number of alkyl halides is 1. The van der Waals surface area contributed by atoms with E-state index in [0.29, 0.717) is 11.8 Å². The molecule has 0 spiro atoms. The summed E-state index contributed by atoms with van der Waals surface area (Å²) in [5.74, 6) is 1.25. The number of hydrogen-bond acceptors (Lipinski definition) is 3. The summed E-state index contributed by atoms with van der Waals surface area (Å²) in [6.45, 7) is 3.11. The lowest BCUT2D eigenvalue weighted by molar-refractivity contribution is 0.338. The van der Waals surface area contributed by atoms with Crippen LogP contribution < -0.4 is 5.32 Å². The number of halogens is 1. The van der Waals surface area contributed by atoms with Gasteiger partial charge in [-0.1, -0.05) is 6.92 Å². The highest BCUT2D eigenvalue weighted by Crippen LogP contribution is 2.31. The molecule has 2 rings (SSSR count). The zero-order valence-electron chi connectivity index (χ0n) is 9.62. The summed E-state index contributed by atoms with van der Waals surface area (Å²) in [5.41, 5.74) is 2.86. The van der Waals surface area contributed by atoms with E-state index in [1.54, 1.807) is 0 Å². The van der Waals surface area contributed by atoms with Gasteiger partial charge in [0, 0.05) is 24.3 Å². The van der Waals surface area contributed by atoms with Crippen LogP contribution in [0.2, 0.25) is 0 Å². The summed E-state index contributed by atoms with van der Waals surface area (Å²) in [4.78, 5) is 2.14. The van der Waals surface area contributed by atoms with Gasteiger partial charge < -0.3 is 10.2 Å². The number of allylic oxidation sites excluding steroid dienone is 3. The molecule has 0 amide bonds. The van der Waals surface area contributed by atoms with E-state index in [4.69, 9.17) is 11.6 Å². The second-order valence-electron chi connectivity index (χ2n) is 4.49. The second kappa shape index (κ2) is 5.37. The van der Waals surface area contributed by atoms with Gasteiger partial charge in [0.2, 0.25) is 0 Å². The minimum atomic E-state index is 0.0445. The number of nitrogens with zero attached hydrogens (tertiary/aromatic N) is 1. The molecule has 0 aromatic heterocycles. The van der Waals surface area contributed by atoms with Gasteiger partial charge in [-0.2, -0.15) is 0 Å². The van der Waals surface area contributed by atoms with E-state index in [2.05, 4.69) is 42.0 Å². The first-order valence-corrected chi connectivity index (χ1v) is 6.95. The molecule has 0 saturated heterocycles. The van der Waals surface area contributed by atoms with Crippen LogP contribution in [0.1, 0.15) is 26.2 Å². The Hall–Kier alpha value is -0.280. The van der Waals surface area contributed by atoms with Crippen molar-refractivity contribution >= 4 is 24.2 Å². The molecule has 0 aromatic rings. The first-order chi connectivity index (χ1) is 7.72. The van der Waals surface area contributed by atoms with Crippen molar-refractivity contribution in [1.29, 1.82) is 0 Å². The lowest BCUT2D eigenvalue weighted by atomic mass is 9.88. The summed E-state index contributed by atoms with van der Waals surface area (Å²) in [6, 6.07) is 0. The standard InChI is InChI=1S/C12H19ClN2S/c1-9-3-2-4-10-5-7-15(8-6-13)12(16)14-11(9)10/h5,7,9,12,14,16H,2-4,6,8H2,1H3/t9-,12?/m0/s1. The highest BCUT2D eigenvalue weighted by Gasteiger charge is 2.23. The first-order valence-electron chi connectivity index (χ1n) is 5.90. The molecule has 0 bridgehead atoms. The Kier molecular flexibility index (Phi) is 4.09. The summed E-state index contributed by atoms with van der Waals surface area (Å²) < 4.78 is 0. The topological polar surface area (TPSA) is 15.3 Å². The lowest BCUT2D eigenvalue weighted by Crippen LogP contribution is -2.40. The van der Waals surface area contributed by atoms with Crippen LogP contribution in [-0.4, -0.2) is 22.8 Å². The van der Waals surface area contributed by atoms with Crippen molar-refractivity contribution in [3.05, 3.63) is 23.5 Å². The molecule has 4 heteroatoms. The fraction of sp³-hybridized carbons (Fsp3) is 0.667. The van der Waals surface area contributed by atoms with Crippen LogP contribution in [0, 0.1) is 5.92 Å². The van der Waals surface area contributed by atoms with E-state index >= 15 is 0 Å². The molecule has 16 heavy (non-hydrogen) atoms. The molecule has 1 aliphatic carbocycles. The van der Waals surface area contributed by atoms with Crippen molar-refractivity contribution < 1.29 is 0 Å². The molecule has 0 fully saturated rings. The molecule has 1 unspecified atom stereocenters. The molecule has 1 heterocycles. The first kappa shape index (κ1) is 12.2. The molecule has 1 N–H and O–H groups in total. The zero-order valence-corrected chi connectivity index (χ0v) is 11.3. The Balaban J connectivity index is 2.17. The van der Waals surface area contributed by atoms with Gasteiger partial charge in [-0.3, -0.25) is 0 Å². The smallest absolute Gasteiger partial charge is 0.144 e. The fourth-order valence-corrected chi connectivity index (χ4v) is 2.91. The highest BCUT2D eigenvalue weighted by atomic mass is 35.5. The Morgan fingerprint density at radius 3 is 3.19 bits per heavy atom. The normalized spacial score (nSPS) is 29.8. The van der Waals surface area contributed by atoms with E-state index < -0.39 is 0 Å². The Morgan fingerprint density at radius 2 is 2.44 bits per heavy atom. The van der Waals surface area contributed by atoms with Crippen molar-refractivity contribution in [3.8, 4) is 0 Å². The van der Waals surface area contributed by atoms with Crippen LogP contribution >= 0.6 is 24.2 Å². The van der Waals surface area contributed by atoms with E-state index in [0.717, 1.165) is 6.54 Å². The Morgan fingerprint density at radius 1 is 1.62 bits per heavy atom. The fourth-order valence-electron chi connectivity index (χ4n) is 2.39. The van der Waals surface area contributed by atoms with E-state index in [9.17, 15) is 0 Å². The molecule has 2 aliphatic rings. The van der Waals surface area contributed by atoms with Gasteiger partial charge in [-0.05, 0) is 36.8 Å². The molecule has 2 nitrogen and oxygen atoms in total. The van der Waals surface area contributed by atoms with Crippen molar-refractivity contribution in [2.24, 2.45) is 5.92 Å². The van der Waals surface area contributed by atoms with Gasteiger partial charge in [0.1, 0.15) is 5.50 Å². The Bertz CT molecular complexity index is 314. The van der Waals surface area contributed by atoms with Crippen molar-refractivity contribution in [2.75, 3.05) is 12.4 Å². The summed E-state index contributed by atoms with van der Waals surface area (Å²) in [5, 5.41) is 3.51. The van der Waals surface area contributed by atoms with E-state index in [1.807, 2.05) is 0 Å². The number of hydrogen-bond donors (Lipinski definition) is 2. The van der Waals surface area contributed by atoms with Gasteiger partial charge in [0.15, 0.2) is 0 Å². The maximum atomic E-state index is 5.78. The van der Waals surface area contributed by atoms with Gasteiger partial charge >= 0.3 is 0 Å². The van der Waals surface area contributed by atoms with Gasteiger partial charge in [-0.15, -0.1) is 24.2 Å². The lowest BCUT2D eigenvalue weighted by Gasteiger charge is -2.30. The SMILES string of the molecule is C[C@H]1CCCC2=C1NC(S)N(CCCl)C=C2. The number of thiol groups is 1. The quantitative estimate of drug-likeness (QED) is 0.585. The van der Waals surface area contributed by atoms with Crippen molar-refractivity contribution in [2.45, 2.75) is 31.7 Å². The zero-order chi connectivity index (χ0) is 11.5. The summed E-state index contributed by atoms with van der Waals surface area (Å²) in [6.07, 6.45) is 8.08. The third-order valence-electron chi connectivity index (χ3n) is 3.33. The minimum absolute atomic E-state index is 0.0445. The maximum absolute atomic E-state index is 5.78. The molecule has 0 saturated carbocycles. The van der Waals surface area contributed by atoms with E-state index in [-0.39, 0.29) is 5.50 Å². The van der Waals surface area contributed by atoms with Crippen molar-refractivity contribution in [3.63, 3.8) is 0 Å². The Labute approximate surface area is 108 Å². The van der Waals surface area contributed by atoms with Crippen LogP contribution in [0.3, 0.4) is 0 Å². The van der Waals surface area contributed by atoms with Crippen LogP contribution in [0.25, 0.3) is 0 Å². The number of nitrogens with one attached hydrogen (secondary N) is 1. The third kappa shape index (κ3) is 2.51. The largest absolute Gasteiger partial charge is 0.360 e. The second-order valence-corrected chi connectivity index (χ2v) is 5.36. The summed E-state index contributed by atoms with van der Waals surface area (Å²) in [7, 11) is 0. The van der Waals surface area contributed by atoms with Gasteiger partial charge in [0.05, 0.1) is 0 Å². The van der Waals surface area contributed by atoms with Crippen LogP contribution in [0.5, 0.6) is 0 Å². The van der Waals surface area contributed by atoms with Crippen LogP contribution in [0.15, 0.2) is 23.5 Å². The van der Waals surface area contributed by atoms with Gasteiger partial charge in [-0.25, -0.2) is 0 Å². The maximum Gasteiger partial charge on any atom is 0.144 e. The molecular weight excluding hydrogens is 240 g/mol. The van der Waals surface area contributed by atoms with Crippen LogP contribution in [-0.2, 0) is 0 Å². The predicted molar refractivity (Wildman–Crippen MR) is 72.5 cm³/mol. The average Bonchev–Trinajstić information content (AvgIpc) is 2.42. The van der Waals surface area contributed by atoms with Crippen molar-refractivity contribution in [1.82, 2.24) is 10.2 Å². The molecule has 0 aromatic carbocycles. The molecule has 1 aliphatic heterocycles. The van der Waals surface area contributed by atoms with Gasteiger partial charge in [0.25, 0.3) is 0 Å². The highest BCUT2D eigenvalue weighted by molar-refractivity contribution is 7.80. The third-order valence-corrected chi connectivity index (χ3v) is 3.93. The average molecular weight is 259 g/mol. The number of rotatable bonds is 2. The van der Waals surface area contributed by atoms with Crippen LogP contribution in [0.4, 0.5) is 0 Å². The summed E-state index contributed by atoms with van der Waals surface area (Å²) >= 11 is 10.4. The van der Waals surface area contributed by atoms with E-state index in [1.165, 1.54) is 30.5 Å². The molecule has 2 atom stereocenters. The minimum Gasteiger partial charge on any atom is -0.360 e. The monoisotopic (exact) mass is 258 g/mol. The molecule has 90 valence electrons. The molecular formula is C12H19ClN2S. The molecule has 0 radical (unpaired) electrons. The predicted octanol–water partition coefficient (Wildman–Crippen LogP) is 2.93.